The van der Waals surface area contributed by atoms with Gasteiger partial charge in [-0.15, -0.1) is 0 Å². The third-order valence-electron chi connectivity index (χ3n) is 5.22. The number of primary amides is 1. The Morgan fingerprint density at radius 1 is 1.34 bits per heavy atom. The fourth-order valence-corrected chi connectivity index (χ4v) is 3.83. The Bertz CT molecular complexity index is 982. The maximum Gasteiger partial charge on any atom is 0.404 e. The van der Waals surface area contributed by atoms with Crippen molar-refractivity contribution in [2.75, 3.05) is 24.6 Å². The van der Waals surface area contributed by atoms with Gasteiger partial charge in [-0.25, -0.2) is 14.8 Å². The molecule has 29 heavy (non-hydrogen) atoms. The largest absolute Gasteiger partial charge is 0.449 e. The van der Waals surface area contributed by atoms with Gasteiger partial charge in [0.2, 0.25) is 5.95 Å². The van der Waals surface area contributed by atoms with Crippen molar-refractivity contribution in [3.63, 3.8) is 0 Å². The highest BCUT2D eigenvalue weighted by atomic mass is 35.5. The van der Waals surface area contributed by atoms with Gasteiger partial charge in [-0.3, -0.25) is 0 Å². The molecule has 1 fully saturated rings. The third-order valence-corrected chi connectivity index (χ3v) is 6.04. The molecule has 9 heteroatoms. The van der Waals surface area contributed by atoms with Crippen molar-refractivity contribution in [1.29, 1.82) is 5.26 Å². The average Bonchev–Trinajstić information content (AvgIpc) is 2.69. The van der Waals surface area contributed by atoms with Crippen LogP contribution < -0.4 is 10.6 Å². The van der Waals surface area contributed by atoms with Gasteiger partial charge in [0.1, 0.15) is 6.07 Å². The summed E-state index contributed by atoms with van der Waals surface area (Å²) in [6.07, 6.45) is 0.806. The zero-order valence-electron chi connectivity index (χ0n) is 16.2. The molecule has 7 nitrogen and oxygen atoms in total. The lowest BCUT2D eigenvalue weighted by Gasteiger charge is -2.38. The van der Waals surface area contributed by atoms with Crippen LogP contribution in [-0.2, 0) is 4.74 Å². The number of nitrogens with two attached hydrogens (primary N) is 1. The number of nitriles is 1. The zero-order chi connectivity index (χ0) is 21.2. The molecule has 0 unspecified atom stereocenters. The van der Waals surface area contributed by atoms with Crippen LogP contribution in [-0.4, -0.2) is 35.8 Å². The molecule has 0 bridgehead atoms. The number of halogens is 2. The summed E-state index contributed by atoms with van der Waals surface area (Å²) < 4.78 is 4.99. The molecule has 152 valence electrons. The van der Waals surface area contributed by atoms with Crippen LogP contribution in [0.5, 0.6) is 0 Å². The van der Waals surface area contributed by atoms with Crippen molar-refractivity contribution in [3.8, 4) is 17.2 Å². The molecule has 2 N–H and O–H groups in total. The van der Waals surface area contributed by atoms with Crippen molar-refractivity contribution in [1.82, 2.24) is 9.97 Å². The molecular weight excluding hydrogens is 413 g/mol. The van der Waals surface area contributed by atoms with Crippen molar-refractivity contribution in [3.05, 3.63) is 39.6 Å². The van der Waals surface area contributed by atoms with Crippen LogP contribution in [0.2, 0.25) is 10.0 Å². The lowest BCUT2D eigenvalue weighted by atomic mass is 9.81. The molecule has 2 aromatic rings. The minimum Gasteiger partial charge on any atom is -0.449 e. The third kappa shape index (κ3) is 4.55. The highest BCUT2D eigenvalue weighted by Gasteiger charge is 2.32. The molecule has 0 atom stereocenters. The monoisotopic (exact) mass is 433 g/mol. The number of hydrogen-bond donors (Lipinski definition) is 1. The van der Waals surface area contributed by atoms with E-state index in [1.54, 1.807) is 18.2 Å². The summed E-state index contributed by atoms with van der Waals surface area (Å²) in [5.41, 5.74) is 7.06. The van der Waals surface area contributed by atoms with Crippen LogP contribution in [0.1, 0.15) is 31.2 Å². The number of carbonyl (C=O) groups excluding carboxylic acids is 1. The number of benzene rings is 1. The van der Waals surface area contributed by atoms with E-state index in [1.807, 2.05) is 11.8 Å². The smallest absolute Gasteiger partial charge is 0.404 e. The van der Waals surface area contributed by atoms with Gasteiger partial charge >= 0.3 is 6.09 Å². The molecule has 1 aliphatic rings. The molecule has 0 spiro atoms. The topological polar surface area (TPSA) is 105 Å². The second-order valence-electron chi connectivity index (χ2n) is 7.45. The van der Waals surface area contributed by atoms with Crippen molar-refractivity contribution in [2.24, 2.45) is 11.1 Å². The van der Waals surface area contributed by atoms with E-state index in [1.165, 1.54) is 0 Å². The van der Waals surface area contributed by atoms with Crippen LogP contribution >= 0.6 is 23.2 Å². The van der Waals surface area contributed by atoms with E-state index in [2.05, 4.69) is 23.0 Å². The number of aryl methyl sites for hydroxylation is 1. The maximum absolute atomic E-state index is 10.9. The van der Waals surface area contributed by atoms with Gasteiger partial charge in [-0.2, -0.15) is 5.26 Å². The number of hydrogen-bond acceptors (Lipinski definition) is 6. The molecule has 1 aromatic heterocycles. The molecule has 3 rings (SSSR count). The van der Waals surface area contributed by atoms with Gasteiger partial charge in [-0.05, 0) is 25.8 Å². The first-order chi connectivity index (χ1) is 13.7. The molecular formula is C20H21Cl2N5O2. The number of ether oxygens (including phenoxy) is 1. The van der Waals surface area contributed by atoms with Gasteiger partial charge in [0.25, 0.3) is 0 Å². The van der Waals surface area contributed by atoms with Gasteiger partial charge < -0.3 is 15.4 Å². The number of piperidine rings is 1. The minimum absolute atomic E-state index is 0.146. The number of anilines is 1. The summed E-state index contributed by atoms with van der Waals surface area (Å²) in [6.45, 7) is 5.53. The standard InChI is InChI=1S/C20H21Cl2N5O2/c1-12-16(13-4-3-5-14(21)17(13)22)15(10-23)26-19(25-12)27-8-6-20(2,7-9-27)11-29-18(24)28/h3-5H,6-9,11H2,1-2H3,(H2,24,28). The lowest BCUT2D eigenvalue weighted by molar-refractivity contribution is 0.0817. The fraction of sp³-hybridized carbons (Fsp3) is 0.400. The number of aromatic nitrogens is 2. The first kappa shape index (κ1) is 21.2. The molecule has 0 aliphatic carbocycles. The van der Waals surface area contributed by atoms with E-state index >= 15 is 0 Å². The maximum atomic E-state index is 10.9. The lowest BCUT2D eigenvalue weighted by Crippen LogP contribution is -2.42. The second-order valence-corrected chi connectivity index (χ2v) is 8.24. The Hall–Kier alpha value is -2.56. The molecule has 1 aliphatic heterocycles. The number of rotatable bonds is 4. The van der Waals surface area contributed by atoms with Crippen LogP contribution in [0.15, 0.2) is 18.2 Å². The second kappa shape index (κ2) is 8.44. The molecule has 0 saturated carbocycles. The Labute approximate surface area is 179 Å². The van der Waals surface area contributed by atoms with Crippen molar-refractivity contribution in [2.45, 2.75) is 26.7 Å². The Morgan fingerprint density at radius 2 is 2.03 bits per heavy atom. The van der Waals surface area contributed by atoms with Gasteiger partial charge in [0.15, 0.2) is 5.69 Å². The Morgan fingerprint density at radius 3 is 2.66 bits per heavy atom. The number of nitrogens with zero attached hydrogens (tertiary/aromatic N) is 4. The first-order valence-corrected chi connectivity index (χ1v) is 9.90. The first-order valence-electron chi connectivity index (χ1n) is 9.14. The molecule has 1 saturated heterocycles. The predicted molar refractivity (Wildman–Crippen MR) is 112 cm³/mol. The van der Waals surface area contributed by atoms with Crippen LogP contribution in [0, 0.1) is 23.7 Å². The quantitative estimate of drug-likeness (QED) is 0.768. The van der Waals surface area contributed by atoms with E-state index in [-0.39, 0.29) is 17.7 Å². The Balaban J connectivity index is 1.86. The van der Waals surface area contributed by atoms with Crippen molar-refractivity contribution < 1.29 is 9.53 Å². The van der Waals surface area contributed by atoms with Gasteiger partial charge in [0.05, 0.1) is 22.3 Å². The highest BCUT2D eigenvalue weighted by molar-refractivity contribution is 6.43. The van der Waals surface area contributed by atoms with E-state index in [9.17, 15) is 10.1 Å². The SMILES string of the molecule is Cc1nc(N2CCC(C)(COC(N)=O)CC2)nc(C#N)c1-c1cccc(Cl)c1Cl. The van der Waals surface area contributed by atoms with Crippen LogP contribution in [0.3, 0.4) is 0 Å². The minimum atomic E-state index is -0.762. The summed E-state index contributed by atoms with van der Waals surface area (Å²) >= 11 is 12.5. The summed E-state index contributed by atoms with van der Waals surface area (Å²) in [5, 5.41) is 10.5. The van der Waals surface area contributed by atoms with Gasteiger partial charge in [0, 0.05) is 29.6 Å². The Kier molecular flexibility index (Phi) is 6.15. The van der Waals surface area contributed by atoms with E-state index in [0.29, 0.717) is 45.9 Å². The van der Waals surface area contributed by atoms with Crippen LogP contribution in [0.4, 0.5) is 10.7 Å². The highest BCUT2D eigenvalue weighted by Crippen LogP contribution is 2.37. The summed E-state index contributed by atoms with van der Waals surface area (Å²) in [6, 6.07) is 7.42. The summed E-state index contributed by atoms with van der Waals surface area (Å²) in [7, 11) is 0. The molecule has 1 amide bonds. The van der Waals surface area contributed by atoms with E-state index < -0.39 is 6.09 Å². The van der Waals surface area contributed by atoms with Crippen molar-refractivity contribution >= 4 is 35.2 Å². The molecule has 2 heterocycles. The zero-order valence-corrected chi connectivity index (χ0v) is 17.7. The van der Waals surface area contributed by atoms with Gasteiger partial charge in [-0.1, -0.05) is 42.3 Å². The summed E-state index contributed by atoms with van der Waals surface area (Å²) in [5.74, 6) is 0.499. The van der Waals surface area contributed by atoms with Crippen LogP contribution in [0.25, 0.3) is 11.1 Å². The van der Waals surface area contributed by atoms with E-state index in [0.717, 1.165) is 12.8 Å². The molecule has 0 radical (unpaired) electrons. The normalized spacial score (nSPS) is 15.6. The predicted octanol–water partition coefficient (Wildman–Crippen LogP) is 4.33. The molecule has 1 aromatic carbocycles. The summed E-state index contributed by atoms with van der Waals surface area (Å²) in [4.78, 5) is 22.0. The van der Waals surface area contributed by atoms with E-state index in [4.69, 9.17) is 33.7 Å². The average molecular weight is 434 g/mol. The fourth-order valence-electron chi connectivity index (χ4n) is 3.44. The number of amides is 1. The number of carbonyl (C=O) groups is 1.